The Hall–Kier alpha value is -1.02. The molecule has 1 saturated heterocycles. The number of nitrogens with one attached hydrogen (secondary N) is 1. The van der Waals surface area contributed by atoms with E-state index in [1.165, 1.54) is 68.6 Å². The first-order valence-electron chi connectivity index (χ1n) is 7.76. The zero-order valence-electron chi connectivity index (χ0n) is 12.3. The SMILES string of the molecule is Cc1cccc(N2CCCNC3(CCCC3)C2)c1C. The van der Waals surface area contributed by atoms with Gasteiger partial charge in [-0.25, -0.2) is 0 Å². The Kier molecular flexibility index (Phi) is 3.53. The molecule has 1 N–H and O–H groups in total. The van der Waals surface area contributed by atoms with Crippen LogP contribution in [-0.2, 0) is 0 Å². The molecule has 0 atom stereocenters. The maximum absolute atomic E-state index is 3.85. The van der Waals surface area contributed by atoms with Crippen LogP contribution in [0.5, 0.6) is 0 Å². The van der Waals surface area contributed by atoms with Crippen molar-refractivity contribution in [2.75, 3.05) is 24.5 Å². The van der Waals surface area contributed by atoms with Crippen LogP contribution in [0, 0.1) is 13.8 Å². The Morgan fingerprint density at radius 1 is 1.11 bits per heavy atom. The number of anilines is 1. The van der Waals surface area contributed by atoms with E-state index in [1.807, 2.05) is 0 Å². The normalized spacial score (nSPS) is 22.7. The largest absolute Gasteiger partial charge is 0.369 e. The van der Waals surface area contributed by atoms with Crippen LogP contribution in [-0.4, -0.2) is 25.2 Å². The smallest absolute Gasteiger partial charge is 0.0399 e. The third-order valence-corrected chi connectivity index (χ3v) is 5.08. The van der Waals surface area contributed by atoms with Gasteiger partial charge in [-0.05, 0) is 56.8 Å². The fourth-order valence-corrected chi connectivity index (χ4v) is 3.79. The van der Waals surface area contributed by atoms with Gasteiger partial charge in [0.25, 0.3) is 0 Å². The van der Waals surface area contributed by atoms with Gasteiger partial charge in [0.15, 0.2) is 0 Å². The summed E-state index contributed by atoms with van der Waals surface area (Å²) in [5.41, 5.74) is 4.72. The fraction of sp³-hybridized carbons (Fsp3) is 0.647. The molecule has 2 heteroatoms. The molecule has 2 fully saturated rings. The molecule has 1 heterocycles. The predicted octanol–water partition coefficient (Wildman–Crippen LogP) is 3.42. The van der Waals surface area contributed by atoms with Gasteiger partial charge < -0.3 is 10.2 Å². The van der Waals surface area contributed by atoms with Crippen LogP contribution in [0.2, 0.25) is 0 Å². The highest BCUT2D eigenvalue weighted by molar-refractivity contribution is 5.56. The first-order valence-corrected chi connectivity index (χ1v) is 7.76. The van der Waals surface area contributed by atoms with E-state index >= 15 is 0 Å². The maximum Gasteiger partial charge on any atom is 0.0399 e. The summed E-state index contributed by atoms with van der Waals surface area (Å²) in [6, 6.07) is 6.73. The number of aryl methyl sites for hydroxylation is 1. The van der Waals surface area contributed by atoms with E-state index in [4.69, 9.17) is 0 Å². The molecule has 1 aromatic rings. The summed E-state index contributed by atoms with van der Waals surface area (Å²) >= 11 is 0. The molecule has 1 aromatic carbocycles. The van der Waals surface area contributed by atoms with E-state index in [2.05, 4.69) is 42.3 Å². The molecule has 1 spiro atoms. The molecule has 1 aliphatic heterocycles. The number of benzene rings is 1. The van der Waals surface area contributed by atoms with E-state index in [0.717, 1.165) is 0 Å². The predicted molar refractivity (Wildman–Crippen MR) is 81.9 cm³/mol. The third-order valence-electron chi connectivity index (χ3n) is 5.08. The Morgan fingerprint density at radius 2 is 1.89 bits per heavy atom. The van der Waals surface area contributed by atoms with Crippen molar-refractivity contribution in [2.24, 2.45) is 0 Å². The van der Waals surface area contributed by atoms with Crippen molar-refractivity contribution >= 4 is 5.69 Å². The molecule has 1 saturated carbocycles. The first-order chi connectivity index (χ1) is 9.20. The summed E-state index contributed by atoms with van der Waals surface area (Å²) in [6.07, 6.45) is 6.76. The second kappa shape index (κ2) is 5.16. The molecule has 0 aromatic heterocycles. The Labute approximate surface area is 117 Å². The molecule has 0 amide bonds. The van der Waals surface area contributed by atoms with E-state index in [-0.39, 0.29) is 0 Å². The lowest BCUT2D eigenvalue weighted by Gasteiger charge is -2.35. The van der Waals surface area contributed by atoms with Crippen molar-refractivity contribution in [1.82, 2.24) is 5.32 Å². The Bertz CT molecular complexity index is 447. The number of hydrogen-bond donors (Lipinski definition) is 1. The van der Waals surface area contributed by atoms with Gasteiger partial charge in [-0.2, -0.15) is 0 Å². The maximum atomic E-state index is 3.85. The van der Waals surface area contributed by atoms with Crippen molar-refractivity contribution in [1.29, 1.82) is 0 Å². The van der Waals surface area contributed by atoms with Gasteiger partial charge >= 0.3 is 0 Å². The van der Waals surface area contributed by atoms with Crippen LogP contribution in [0.4, 0.5) is 5.69 Å². The number of hydrogen-bond acceptors (Lipinski definition) is 2. The third kappa shape index (κ3) is 2.51. The lowest BCUT2D eigenvalue weighted by atomic mass is 9.96. The van der Waals surface area contributed by atoms with E-state index in [0.29, 0.717) is 5.54 Å². The van der Waals surface area contributed by atoms with Crippen molar-refractivity contribution in [3.8, 4) is 0 Å². The Morgan fingerprint density at radius 3 is 2.68 bits per heavy atom. The average Bonchev–Trinajstić information content (AvgIpc) is 2.74. The first kappa shape index (κ1) is 13.0. The molecule has 0 unspecified atom stereocenters. The highest BCUT2D eigenvalue weighted by atomic mass is 15.2. The summed E-state index contributed by atoms with van der Waals surface area (Å²) in [6.45, 7) is 8.06. The molecule has 0 radical (unpaired) electrons. The van der Waals surface area contributed by atoms with Gasteiger partial charge in [0.2, 0.25) is 0 Å². The van der Waals surface area contributed by atoms with Crippen molar-refractivity contribution in [3.05, 3.63) is 29.3 Å². The standard InChI is InChI=1S/C17H26N2/c1-14-7-5-8-16(15(14)2)19-12-6-11-18-17(13-19)9-3-4-10-17/h5,7-8,18H,3-4,6,9-13H2,1-2H3. The molecule has 1 aliphatic carbocycles. The molecule has 2 nitrogen and oxygen atoms in total. The van der Waals surface area contributed by atoms with Gasteiger partial charge in [0.05, 0.1) is 0 Å². The minimum atomic E-state index is 0.396. The van der Waals surface area contributed by atoms with Crippen LogP contribution in [0.15, 0.2) is 18.2 Å². The minimum absolute atomic E-state index is 0.396. The fourth-order valence-electron chi connectivity index (χ4n) is 3.79. The van der Waals surface area contributed by atoms with E-state index < -0.39 is 0 Å². The monoisotopic (exact) mass is 258 g/mol. The zero-order chi connectivity index (χ0) is 13.3. The second-order valence-electron chi connectivity index (χ2n) is 6.41. The van der Waals surface area contributed by atoms with Gasteiger partial charge in [-0.3, -0.25) is 0 Å². The lowest BCUT2D eigenvalue weighted by Crippen LogP contribution is -2.49. The number of nitrogens with zero attached hydrogens (tertiary/aromatic N) is 1. The topological polar surface area (TPSA) is 15.3 Å². The van der Waals surface area contributed by atoms with Crippen LogP contribution in [0.3, 0.4) is 0 Å². The minimum Gasteiger partial charge on any atom is -0.369 e. The summed E-state index contributed by atoms with van der Waals surface area (Å²) < 4.78 is 0. The molecule has 19 heavy (non-hydrogen) atoms. The van der Waals surface area contributed by atoms with E-state index in [9.17, 15) is 0 Å². The Balaban J connectivity index is 1.88. The quantitative estimate of drug-likeness (QED) is 0.830. The summed E-state index contributed by atoms with van der Waals surface area (Å²) in [5.74, 6) is 0. The lowest BCUT2D eigenvalue weighted by molar-refractivity contribution is 0.354. The van der Waals surface area contributed by atoms with Gasteiger partial charge in [0.1, 0.15) is 0 Å². The molecular formula is C17H26N2. The van der Waals surface area contributed by atoms with Gasteiger partial charge in [-0.15, -0.1) is 0 Å². The molecule has 0 bridgehead atoms. The van der Waals surface area contributed by atoms with Gasteiger partial charge in [0, 0.05) is 24.3 Å². The molecule has 3 rings (SSSR count). The number of rotatable bonds is 1. The van der Waals surface area contributed by atoms with Crippen molar-refractivity contribution in [2.45, 2.75) is 51.5 Å². The molecule has 104 valence electrons. The second-order valence-corrected chi connectivity index (χ2v) is 6.41. The zero-order valence-corrected chi connectivity index (χ0v) is 12.3. The van der Waals surface area contributed by atoms with Crippen LogP contribution < -0.4 is 10.2 Å². The molecular weight excluding hydrogens is 232 g/mol. The van der Waals surface area contributed by atoms with Gasteiger partial charge in [-0.1, -0.05) is 25.0 Å². The van der Waals surface area contributed by atoms with E-state index in [1.54, 1.807) is 0 Å². The van der Waals surface area contributed by atoms with Crippen LogP contribution >= 0.6 is 0 Å². The van der Waals surface area contributed by atoms with Crippen molar-refractivity contribution in [3.63, 3.8) is 0 Å². The van der Waals surface area contributed by atoms with Crippen LogP contribution in [0.25, 0.3) is 0 Å². The summed E-state index contributed by atoms with van der Waals surface area (Å²) in [4.78, 5) is 2.63. The molecule has 2 aliphatic rings. The van der Waals surface area contributed by atoms with Crippen molar-refractivity contribution < 1.29 is 0 Å². The summed E-state index contributed by atoms with van der Waals surface area (Å²) in [5, 5.41) is 3.85. The average molecular weight is 258 g/mol. The van der Waals surface area contributed by atoms with Crippen LogP contribution in [0.1, 0.15) is 43.2 Å². The highest BCUT2D eigenvalue weighted by Crippen LogP contribution is 2.34. The highest BCUT2D eigenvalue weighted by Gasteiger charge is 2.36. The summed E-state index contributed by atoms with van der Waals surface area (Å²) in [7, 11) is 0.